The van der Waals surface area contributed by atoms with Crippen molar-refractivity contribution in [2.75, 3.05) is 0 Å². The molecule has 3 aromatic rings. The molecule has 0 saturated carbocycles. The van der Waals surface area contributed by atoms with Crippen molar-refractivity contribution in [3.63, 3.8) is 0 Å². The van der Waals surface area contributed by atoms with Crippen LogP contribution < -0.4 is 4.72 Å². The van der Waals surface area contributed by atoms with E-state index in [4.69, 9.17) is 11.6 Å². The maximum Gasteiger partial charge on any atom is 0.250 e. The number of halogens is 2. The fraction of sp³-hybridized carbons (Fsp3) is 0.368. The molecule has 0 aliphatic heterocycles. The molecule has 0 bridgehead atoms. The molecule has 0 saturated heterocycles. The minimum Gasteiger partial charge on any atom is -0.244 e. The summed E-state index contributed by atoms with van der Waals surface area (Å²) >= 11 is 6.93. The largest absolute Gasteiger partial charge is 0.250 e. The van der Waals surface area contributed by atoms with E-state index in [1.807, 2.05) is 13.8 Å². The Balaban J connectivity index is 1.94. The fourth-order valence-electron chi connectivity index (χ4n) is 3.19. The molecule has 1 N–H and O–H groups in total. The van der Waals surface area contributed by atoms with Crippen LogP contribution in [0.2, 0.25) is 4.34 Å². The summed E-state index contributed by atoms with van der Waals surface area (Å²) in [6.07, 6.45) is 2.93. The van der Waals surface area contributed by atoms with Crippen molar-refractivity contribution in [2.24, 2.45) is 5.92 Å². The van der Waals surface area contributed by atoms with Crippen molar-refractivity contribution in [1.82, 2.24) is 19.5 Å². The zero-order valence-electron chi connectivity index (χ0n) is 16.0. The molecule has 1 atom stereocenters. The van der Waals surface area contributed by atoms with Gasteiger partial charge in [0, 0.05) is 0 Å². The summed E-state index contributed by atoms with van der Waals surface area (Å²) in [6, 6.07) is 8.60. The lowest BCUT2D eigenvalue weighted by atomic mass is 9.94. The van der Waals surface area contributed by atoms with E-state index in [2.05, 4.69) is 14.8 Å². The zero-order chi connectivity index (χ0) is 21.0. The average Bonchev–Trinajstić information content (AvgIpc) is 3.33. The quantitative estimate of drug-likeness (QED) is 0.509. The first kappa shape index (κ1) is 21.9. The standard InChI is InChI=1S/C19H22ClFN4O2S2/c1-3-14(4-2)18(24-29(26,27)17-10-9-16(20)28-17)19-22-12-23-25(19)11-13-5-7-15(21)8-6-13/h5-10,12,14,18,24H,3-4,11H2,1-2H3. The third-order valence-corrected chi connectivity index (χ3v) is 7.95. The molecule has 6 nitrogen and oxygen atoms in total. The predicted octanol–water partition coefficient (Wildman–Crippen LogP) is 4.64. The van der Waals surface area contributed by atoms with Gasteiger partial charge in [-0.1, -0.05) is 50.4 Å². The lowest BCUT2D eigenvalue weighted by Crippen LogP contribution is -2.35. The molecule has 0 aliphatic carbocycles. The van der Waals surface area contributed by atoms with Gasteiger partial charge in [-0.2, -0.15) is 9.82 Å². The molecule has 0 spiro atoms. The highest BCUT2D eigenvalue weighted by molar-refractivity contribution is 7.91. The molecule has 3 rings (SSSR count). The minimum atomic E-state index is -3.77. The van der Waals surface area contributed by atoms with Crippen LogP contribution in [0, 0.1) is 11.7 Å². The van der Waals surface area contributed by atoms with Crippen LogP contribution in [0.5, 0.6) is 0 Å². The van der Waals surface area contributed by atoms with Crippen molar-refractivity contribution in [3.8, 4) is 0 Å². The maximum absolute atomic E-state index is 13.2. The van der Waals surface area contributed by atoms with Crippen molar-refractivity contribution < 1.29 is 12.8 Å². The number of sulfonamides is 1. The van der Waals surface area contributed by atoms with E-state index >= 15 is 0 Å². The fourth-order valence-corrected chi connectivity index (χ4v) is 5.95. The van der Waals surface area contributed by atoms with Crippen molar-refractivity contribution in [3.05, 3.63) is 64.3 Å². The molecular formula is C19H22ClFN4O2S2. The Bertz CT molecular complexity index is 1050. The highest BCUT2D eigenvalue weighted by Crippen LogP contribution is 2.31. The number of nitrogens with zero attached hydrogens (tertiary/aromatic N) is 3. The number of hydrogen-bond donors (Lipinski definition) is 1. The van der Waals surface area contributed by atoms with Crippen LogP contribution in [0.3, 0.4) is 0 Å². The van der Waals surface area contributed by atoms with Gasteiger partial charge < -0.3 is 0 Å². The van der Waals surface area contributed by atoms with Gasteiger partial charge in [0.05, 0.1) is 16.9 Å². The van der Waals surface area contributed by atoms with Crippen LogP contribution >= 0.6 is 22.9 Å². The van der Waals surface area contributed by atoms with E-state index < -0.39 is 16.1 Å². The second kappa shape index (κ2) is 9.34. The summed E-state index contributed by atoms with van der Waals surface area (Å²) in [4.78, 5) is 4.36. The normalized spacial score (nSPS) is 13.1. The molecule has 29 heavy (non-hydrogen) atoms. The molecule has 0 radical (unpaired) electrons. The second-order valence-electron chi connectivity index (χ2n) is 6.64. The summed E-state index contributed by atoms with van der Waals surface area (Å²) in [5.74, 6) is 0.232. The molecule has 10 heteroatoms. The summed E-state index contributed by atoms with van der Waals surface area (Å²) in [6.45, 7) is 4.38. The maximum atomic E-state index is 13.2. The van der Waals surface area contributed by atoms with E-state index in [9.17, 15) is 12.8 Å². The lowest BCUT2D eigenvalue weighted by molar-refractivity contribution is 0.353. The van der Waals surface area contributed by atoms with Crippen molar-refractivity contribution in [1.29, 1.82) is 0 Å². The van der Waals surface area contributed by atoms with E-state index in [1.165, 1.54) is 24.5 Å². The number of thiophene rings is 1. The van der Waals surface area contributed by atoms with Gasteiger partial charge in [0.25, 0.3) is 10.0 Å². The molecule has 156 valence electrons. The van der Waals surface area contributed by atoms with Crippen LogP contribution in [0.15, 0.2) is 46.9 Å². The SMILES string of the molecule is CCC(CC)C(NS(=O)(=O)c1ccc(Cl)s1)c1ncnn1Cc1ccc(F)cc1. The average molecular weight is 457 g/mol. The molecule has 0 aliphatic rings. The summed E-state index contributed by atoms with van der Waals surface area (Å²) in [5.41, 5.74) is 0.842. The Kier molecular flexibility index (Phi) is 7.05. The molecular weight excluding hydrogens is 435 g/mol. The first-order valence-corrected chi connectivity index (χ1v) is 11.9. The number of nitrogens with one attached hydrogen (secondary N) is 1. The van der Waals surface area contributed by atoms with Crippen LogP contribution in [0.1, 0.15) is 44.1 Å². The Hall–Kier alpha value is -1.81. The molecule has 2 aromatic heterocycles. The summed E-state index contributed by atoms with van der Waals surface area (Å²) in [7, 11) is -3.77. The lowest BCUT2D eigenvalue weighted by Gasteiger charge is -2.25. The van der Waals surface area contributed by atoms with Gasteiger partial charge in [-0.05, 0) is 35.7 Å². The Morgan fingerprint density at radius 2 is 1.86 bits per heavy atom. The van der Waals surface area contributed by atoms with Gasteiger partial charge >= 0.3 is 0 Å². The van der Waals surface area contributed by atoms with Gasteiger partial charge in [0.1, 0.15) is 22.2 Å². The van der Waals surface area contributed by atoms with Crippen molar-refractivity contribution >= 4 is 33.0 Å². The number of benzene rings is 1. The smallest absolute Gasteiger partial charge is 0.244 e. The molecule has 1 unspecified atom stereocenters. The predicted molar refractivity (Wildman–Crippen MR) is 112 cm³/mol. The van der Waals surface area contributed by atoms with Gasteiger partial charge in [-0.25, -0.2) is 22.5 Å². The topological polar surface area (TPSA) is 76.9 Å². The van der Waals surface area contributed by atoms with Gasteiger partial charge in [-0.15, -0.1) is 11.3 Å². The van der Waals surface area contributed by atoms with Crippen LogP contribution in [0.4, 0.5) is 4.39 Å². The number of hydrogen-bond acceptors (Lipinski definition) is 5. The van der Waals surface area contributed by atoms with E-state index in [0.717, 1.165) is 29.7 Å². The van der Waals surface area contributed by atoms with Gasteiger partial charge in [-0.3, -0.25) is 0 Å². The Morgan fingerprint density at radius 1 is 1.17 bits per heavy atom. The van der Waals surface area contributed by atoms with Crippen LogP contribution in [0.25, 0.3) is 0 Å². The minimum absolute atomic E-state index is 0.0244. The van der Waals surface area contributed by atoms with Gasteiger partial charge in [0.15, 0.2) is 0 Å². The Morgan fingerprint density at radius 3 is 2.45 bits per heavy atom. The van der Waals surface area contributed by atoms with Crippen LogP contribution in [-0.2, 0) is 16.6 Å². The monoisotopic (exact) mass is 456 g/mol. The molecule has 0 fully saturated rings. The third kappa shape index (κ3) is 5.22. The second-order valence-corrected chi connectivity index (χ2v) is 10.3. The van der Waals surface area contributed by atoms with E-state index in [1.54, 1.807) is 22.9 Å². The zero-order valence-corrected chi connectivity index (χ0v) is 18.4. The van der Waals surface area contributed by atoms with Gasteiger partial charge in [0.2, 0.25) is 0 Å². The molecule has 2 heterocycles. The number of rotatable bonds is 9. The highest BCUT2D eigenvalue weighted by atomic mass is 35.5. The van der Waals surface area contributed by atoms with E-state index in [-0.39, 0.29) is 15.9 Å². The first-order chi connectivity index (χ1) is 13.8. The van der Waals surface area contributed by atoms with Crippen LogP contribution in [-0.4, -0.2) is 23.2 Å². The van der Waals surface area contributed by atoms with E-state index in [0.29, 0.717) is 16.7 Å². The third-order valence-electron chi connectivity index (χ3n) is 4.78. The summed E-state index contributed by atoms with van der Waals surface area (Å²) in [5, 5.41) is 4.27. The molecule has 1 aromatic carbocycles. The summed E-state index contributed by atoms with van der Waals surface area (Å²) < 4.78 is 44.1. The highest BCUT2D eigenvalue weighted by Gasteiger charge is 2.31. The Labute approximate surface area is 178 Å². The number of aromatic nitrogens is 3. The molecule has 0 amide bonds. The van der Waals surface area contributed by atoms with Crippen molar-refractivity contribution in [2.45, 2.75) is 43.5 Å². The first-order valence-electron chi connectivity index (χ1n) is 9.23.